The van der Waals surface area contributed by atoms with E-state index in [0.29, 0.717) is 6.54 Å². The number of anilines is 1. The summed E-state index contributed by atoms with van der Waals surface area (Å²) in [6.45, 7) is 0.515. The van der Waals surface area contributed by atoms with Crippen LogP contribution in [-0.2, 0) is 10.0 Å². The van der Waals surface area contributed by atoms with Crippen LogP contribution in [0.4, 0.5) is 10.1 Å². The Bertz CT molecular complexity index is 530. The van der Waals surface area contributed by atoms with Gasteiger partial charge < -0.3 is 5.73 Å². The van der Waals surface area contributed by atoms with Crippen molar-refractivity contribution in [2.75, 3.05) is 18.5 Å². The molecule has 1 heterocycles. The van der Waals surface area contributed by atoms with Crippen molar-refractivity contribution in [2.24, 2.45) is 0 Å². The molecule has 1 saturated heterocycles. The zero-order chi connectivity index (χ0) is 12.6. The van der Waals surface area contributed by atoms with Gasteiger partial charge in [-0.05, 0) is 30.5 Å². The third kappa shape index (κ3) is 2.42. The zero-order valence-corrected chi connectivity index (χ0v) is 10.4. The Balaban J connectivity index is 2.36. The Morgan fingerprint density at radius 1 is 1.47 bits per heavy atom. The molecule has 1 aliphatic heterocycles. The van der Waals surface area contributed by atoms with Gasteiger partial charge in [0.2, 0.25) is 10.0 Å². The largest absolute Gasteiger partial charge is 0.396 e. The summed E-state index contributed by atoms with van der Waals surface area (Å²) in [4.78, 5) is 0. The molecule has 0 aliphatic carbocycles. The fourth-order valence-corrected chi connectivity index (χ4v) is 3.39. The second kappa shape index (κ2) is 4.27. The van der Waals surface area contributed by atoms with Gasteiger partial charge in [0.1, 0.15) is 5.82 Å². The van der Waals surface area contributed by atoms with Crippen LogP contribution in [0.2, 0.25) is 0 Å². The lowest BCUT2D eigenvalue weighted by molar-refractivity contribution is 0.400. The summed E-state index contributed by atoms with van der Waals surface area (Å²) in [7, 11) is -3.22. The van der Waals surface area contributed by atoms with Crippen molar-refractivity contribution in [2.45, 2.75) is 18.9 Å². The predicted molar refractivity (Wildman–Crippen MR) is 64.3 cm³/mol. The number of sulfonamides is 1. The summed E-state index contributed by atoms with van der Waals surface area (Å²) in [5.41, 5.74) is 6.31. The van der Waals surface area contributed by atoms with Crippen LogP contribution in [0.25, 0.3) is 0 Å². The van der Waals surface area contributed by atoms with E-state index in [1.54, 1.807) is 6.07 Å². The van der Waals surface area contributed by atoms with E-state index in [1.807, 2.05) is 0 Å². The highest BCUT2D eigenvalue weighted by atomic mass is 32.2. The zero-order valence-electron chi connectivity index (χ0n) is 9.56. The first kappa shape index (κ1) is 12.3. The molecule has 0 aromatic heterocycles. The van der Waals surface area contributed by atoms with Gasteiger partial charge in [0.15, 0.2) is 0 Å². The molecule has 0 bridgehead atoms. The molecule has 1 aromatic rings. The van der Waals surface area contributed by atoms with Crippen LogP contribution >= 0.6 is 0 Å². The molecule has 4 nitrogen and oxygen atoms in total. The maximum absolute atomic E-state index is 13.1. The first-order valence-corrected chi connectivity index (χ1v) is 7.26. The summed E-state index contributed by atoms with van der Waals surface area (Å²) in [5.74, 6) is -0.474. The second-order valence-electron chi connectivity index (χ2n) is 4.31. The van der Waals surface area contributed by atoms with Crippen molar-refractivity contribution < 1.29 is 12.8 Å². The van der Waals surface area contributed by atoms with E-state index in [9.17, 15) is 12.8 Å². The molecule has 1 fully saturated rings. The minimum atomic E-state index is -3.22. The molecule has 17 heavy (non-hydrogen) atoms. The highest BCUT2D eigenvalue weighted by molar-refractivity contribution is 7.88. The van der Waals surface area contributed by atoms with Crippen molar-refractivity contribution in [3.05, 3.63) is 29.6 Å². The van der Waals surface area contributed by atoms with E-state index in [1.165, 1.54) is 22.7 Å². The van der Waals surface area contributed by atoms with Gasteiger partial charge in [-0.15, -0.1) is 0 Å². The smallest absolute Gasteiger partial charge is 0.211 e. The van der Waals surface area contributed by atoms with Crippen LogP contribution in [-0.4, -0.2) is 25.5 Å². The number of hydrogen-bond acceptors (Lipinski definition) is 3. The number of nitrogens with two attached hydrogens (primary N) is 1. The number of hydrogen-bond donors (Lipinski definition) is 1. The third-order valence-electron chi connectivity index (χ3n) is 3.03. The quantitative estimate of drug-likeness (QED) is 0.818. The van der Waals surface area contributed by atoms with Gasteiger partial charge >= 0.3 is 0 Å². The number of halogens is 1. The highest BCUT2D eigenvalue weighted by Crippen LogP contribution is 2.34. The lowest BCUT2D eigenvalue weighted by atomic mass is 10.0. The van der Waals surface area contributed by atoms with E-state index in [0.717, 1.165) is 18.4 Å². The number of nitrogens with zero attached hydrogens (tertiary/aromatic N) is 1. The average Bonchev–Trinajstić information content (AvgIpc) is 2.70. The van der Waals surface area contributed by atoms with E-state index in [2.05, 4.69) is 0 Å². The molecule has 0 radical (unpaired) electrons. The average molecular weight is 258 g/mol. The van der Waals surface area contributed by atoms with Crippen molar-refractivity contribution in [1.29, 1.82) is 0 Å². The SMILES string of the molecule is CS(=O)(=O)N1CCCC1c1ccc(F)c(N)c1. The van der Waals surface area contributed by atoms with Crippen LogP contribution in [0.3, 0.4) is 0 Å². The summed E-state index contributed by atoms with van der Waals surface area (Å²) < 4.78 is 37.7. The topological polar surface area (TPSA) is 63.4 Å². The van der Waals surface area contributed by atoms with Crippen LogP contribution in [0.1, 0.15) is 24.4 Å². The Hall–Kier alpha value is -1.14. The maximum Gasteiger partial charge on any atom is 0.211 e. The van der Waals surface area contributed by atoms with E-state index >= 15 is 0 Å². The van der Waals surface area contributed by atoms with Gasteiger partial charge in [-0.25, -0.2) is 12.8 Å². The predicted octanol–water partition coefficient (Wildman–Crippen LogP) is 1.50. The van der Waals surface area contributed by atoms with Crippen LogP contribution < -0.4 is 5.73 Å². The first-order chi connectivity index (χ1) is 7.89. The van der Waals surface area contributed by atoms with Crippen LogP contribution in [0, 0.1) is 5.82 Å². The van der Waals surface area contributed by atoms with E-state index in [-0.39, 0.29) is 11.7 Å². The monoisotopic (exact) mass is 258 g/mol. The molecule has 0 spiro atoms. The molecule has 1 unspecified atom stereocenters. The van der Waals surface area contributed by atoms with Crippen molar-refractivity contribution in [3.8, 4) is 0 Å². The lowest BCUT2D eigenvalue weighted by Gasteiger charge is -2.22. The van der Waals surface area contributed by atoms with Gasteiger partial charge in [0.25, 0.3) is 0 Å². The lowest BCUT2D eigenvalue weighted by Crippen LogP contribution is -2.29. The Morgan fingerprint density at radius 3 is 2.76 bits per heavy atom. The molecule has 1 aliphatic rings. The number of nitrogen functional groups attached to an aromatic ring is 1. The van der Waals surface area contributed by atoms with E-state index in [4.69, 9.17) is 5.73 Å². The minimum absolute atomic E-state index is 0.0582. The molecule has 1 aromatic carbocycles. The Labute approximate surface area is 100 Å². The first-order valence-electron chi connectivity index (χ1n) is 5.41. The third-order valence-corrected chi connectivity index (χ3v) is 4.32. The molecule has 1 atom stereocenters. The highest BCUT2D eigenvalue weighted by Gasteiger charge is 2.32. The fourth-order valence-electron chi connectivity index (χ4n) is 2.24. The standard InChI is InChI=1S/C11H15FN2O2S/c1-17(15,16)14-6-2-3-11(14)8-4-5-9(12)10(13)7-8/h4-5,7,11H,2-3,6,13H2,1H3. The minimum Gasteiger partial charge on any atom is -0.396 e. The summed E-state index contributed by atoms with van der Waals surface area (Å²) in [6, 6.07) is 4.18. The maximum atomic E-state index is 13.1. The second-order valence-corrected chi connectivity index (χ2v) is 6.25. The van der Waals surface area contributed by atoms with Gasteiger partial charge in [0, 0.05) is 12.6 Å². The van der Waals surface area contributed by atoms with Gasteiger partial charge in [-0.1, -0.05) is 6.07 Å². The molecule has 0 saturated carbocycles. The molecule has 2 N–H and O–H groups in total. The summed E-state index contributed by atoms with van der Waals surface area (Å²) >= 11 is 0. The van der Waals surface area contributed by atoms with Gasteiger partial charge in [-0.2, -0.15) is 4.31 Å². The van der Waals surface area contributed by atoms with Gasteiger partial charge in [-0.3, -0.25) is 0 Å². The van der Waals surface area contributed by atoms with Crippen molar-refractivity contribution in [1.82, 2.24) is 4.31 Å². The van der Waals surface area contributed by atoms with E-state index < -0.39 is 15.8 Å². The van der Waals surface area contributed by atoms with Crippen LogP contribution in [0.5, 0.6) is 0 Å². The van der Waals surface area contributed by atoms with Crippen LogP contribution in [0.15, 0.2) is 18.2 Å². The normalized spacial score (nSPS) is 21.9. The fraction of sp³-hybridized carbons (Fsp3) is 0.455. The number of benzene rings is 1. The molecule has 6 heteroatoms. The van der Waals surface area contributed by atoms with Gasteiger partial charge in [0.05, 0.1) is 11.9 Å². The molecule has 2 rings (SSSR count). The molecular formula is C11H15FN2O2S. The van der Waals surface area contributed by atoms with Crippen molar-refractivity contribution in [3.63, 3.8) is 0 Å². The summed E-state index contributed by atoms with van der Waals surface area (Å²) in [6.07, 6.45) is 2.76. The number of rotatable bonds is 2. The molecule has 94 valence electrons. The molecule has 0 amide bonds. The Morgan fingerprint density at radius 2 is 2.18 bits per heavy atom. The summed E-state index contributed by atoms with van der Waals surface area (Å²) in [5, 5.41) is 0. The Kier molecular flexibility index (Phi) is 3.09. The van der Waals surface area contributed by atoms with Crippen molar-refractivity contribution >= 4 is 15.7 Å². The molecular weight excluding hydrogens is 243 g/mol.